The Kier molecular flexibility index (Phi) is 3.56. The van der Waals surface area contributed by atoms with Gasteiger partial charge in [-0.25, -0.2) is 9.79 Å². The van der Waals surface area contributed by atoms with Crippen LogP contribution >= 0.6 is 15.9 Å². The van der Waals surface area contributed by atoms with Crippen molar-refractivity contribution in [3.8, 4) is 0 Å². The van der Waals surface area contributed by atoms with Gasteiger partial charge in [0.2, 0.25) is 6.08 Å². The van der Waals surface area contributed by atoms with Crippen molar-refractivity contribution in [2.24, 2.45) is 12.0 Å². The molecule has 86 valence electrons. The molecule has 2 rings (SSSR count). The lowest BCUT2D eigenvalue weighted by Crippen LogP contribution is -2.17. The minimum absolute atomic E-state index is 0.130. The highest BCUT2D eigenvalue weighted by molar-refractivity contribution is 9.10. The Morgan fingerprint density at radius 1 is 1.62 bits per heavy atom. The summed E-state index contributed by atoms with van der Waals surface area (Å²) in [5.74, 6) is 0.409. The third-order valence-electron chi connectivity index (χ3n) is 3.08. The van der Waals surface area contributed by atoms with Crippen molar-refractivity contribution in [2.75, 3.05) is 0 Å². The van der Waals surface area contributed by atoms with Crippen molar-refractivity contribution in [2.45, 2.75) is 37.6 Å². The Morgan fingerprint density at radius 2 is 2.44 bits per heavy atom. The Balaban J connectivity index is 2.15. The number of aryl methyl sites for hydroxylation is 1. The quantitative estimate of drug-likeness (QED) is 0.619. The van der Waals surface area contributed by atoms with E-state index in [1.807, 2.05) is 17.9 Å². The minimum Gasteiger partial charge on any atom is -0.274 e. The number of hydrogen-bond acceptors (Lipinski definition) is 3. The fourth-order valence-corrected chi connectivity index (χ4v) is 3.06. The predicted octanol–water partition coefficient (Wildman–Crippen LogP) is 2.54. The summed E-state index contributed by atoms with van der Waals surface area (Å²) >= 11 is 3.52. The van der Waals surface area contributed by atoms with Crippen molar-refractivity contribution in [1.29, 1.82) is 0 Å². The van der Waals surface area contributed by atoms with Crippen LogP contribution in [0, 0.1) is 0 Å². The van der Waals surface area contributed by atoms with Crippen LogP contribution in [0.5, 0.6) is 0 Å². The molecule has 1 fully saturated rings. The van der Waals surface area contributed by atoms with Crippen molar-refractivity contribution in [1.82, 2.24) is 9.78 Å². The van der Waals surface area contributed by atoms with Crippen molar-refractivity contribution in [3.05, 3.63) is 16.4 Å². The first-order valence-electron chi connectivity index (χ1n) is 5.46. The molecule has 1 aromatic rings. The van der Waals surface area contributed by atoms with Crippen LogP contribution in [-0.2, 0) is 11.8 Å². The minimum atomic E-state index is 0.130. The molecule has 0 aliphatic heterocycles. The third kappa shape index (κ3) is 2.42. The molecule has 0 radical (unpaired) electrons. The van der Waals surface area contributed by atoms with Gasteiger partial charge >= 0.3 is 0 Å². The van der Waals surface area contributed by atoms with Gasteiger partial charge in [-0.05, 0) is 35.2 Å². The number of nitrogens with zero attached hydrogens (tertiary/aromatic N) is 3. The Labute approximate surface area is 103 Å². The molecule has 1 saturated carbocycles. The van der Waals surface area contributed by atoms with Crippen LogP contribution in [0.4, 0.5) is 0 Å². The molecular weight excluding hydrogens is 270 g/mol. The van der Waals surface area contributed by atoms with E-state index in [4.69, 9.17) is 0 Å². The van der Waals surface area contributed by atoms with Crippen molar-refractivity contribution in [3.63, 3.8) is 0 Å². The predicted molar refractivity (Wildman–Crippen MR) is 64.0 cm³/mol. The topological polar surface area (TPSA) is 47.2 Å². The lowest BCUT2D eigenvalue weighted by molar-refractivity contribution is 0.385. The SMILES string of the molecule is Cn1cc(Br)c(C2CCCC(N=C=O)C2)n1. The van der Waals surface area contributed by atoms with Gasteiger partial charge in [-0.3, -0.25) is 4.68 Å². The van der Waals surface area contributed by atoms with E-state index in [1.165, 1.54) is 0 Å². The fourth-order valence-electron chi connectivity index (χ4n) is 2.36. The zero-order valence-corrected chi connectivity index (χ0v) is 10.8. The molecule has 0 bridgehead atoms. The number of aromatic nitrogens is 2. The summed E-state index contributed by atoms with van der Waals surface area (Å²) in [5.41, 5.74) is 1.09. The summed E-state index contributed by atoms with van der Waals surface area (Å²) in [6.07, 6.45) is 7.76. The zero-order valence-electron chi connectivity index (χ0n) is 9.19. The van der Waals surface area contributed by atoms with Crippen LogP contribution in [-0.4, -0.2) is 21.9 Å². The molecule has 0 spiro atoms. The van der Waals surface area contributed by atoms with Gasteiger partial charge in [-0.1, -0.05) is 6.42 Å². The summed E-state index contributed by atoms with van der Waals surface area (Å²) in [4.78, 5) is 14.1. The van der Waals surface area contributed by atoms with Gasteiger partial charge in [0, 0.05) is 19.2 Å². The highest BCUT2D eigenvalue weighted by atomic mass is 79.9. The number of halogens is 1. The van der Waals surface area contributed by atoms with Crippen LogP contribution in [0.3, 0.4) is 0 Å². The summed E-state index contributed by atoms with van der Waals surface area (Å²) < 4.78 is 2.86. The van der Waals surface area contributed by atoms with Crippen LogP contribution in [0.1, 0.15) is 37.3 Å². The molecule has 5 heteroatoms. The van der Waals surface area contributed by atoms with Gasteiger partial charge in [-0.15, -0.1) is 0 Å². The largest absolute Gasteiger partial charge is 0.274 e. The molecule has 0 N–H and O–H groups in total. The molecule has 0 amide bonds. The summed E-state index contributed by atoms with van der Waals surface area (Å²) in [6, 6.07) is 0.130. The van der Waals surface area contributed by atoms with E-state index >= 15 is 0 Å². The summed E-state index contributed by atoms with van der Waals surface area (Å²) in [7, 11) is 1.91. The number of aliphatic imine (C=N–C) groups is 1. The molecule has 1 aliphatic carbocycles. The smallest absolute Gasteiger partial charge is 0.235 e. The lowest BCUT2D eigenvalue weighted by Gasteiger charge is -2.24. The number of rotatable bonds is 2. The van der Waals surface area contributed by atoms with Crippen molar-refractivity contribution < 1.29 is 4.79 Å². The Morgan fingerprint density at radius 3 is 3.06 bits per heavy atom. The molecule has 1 aromatic heterocycles. The lowest BCUT2D eigenvalue weighted by atomic mass is 9.84. The van der Waals surface area contributed by atoms with Crippen LogP contribution in [0.2, 0.25) is 0 Å². The molecule has 16 heavy (non-hydrogen) atoms. The summed E-state index contributed by atoms with van der Waals surface area (Å²) in [6.45, 7) is 0. The van der Waals surface area contributed by atoms with E-state index < -0.39 is 0 Å². The van der Waals surface area contributed by atoms with E-state index in [2.05, 4.69) is 26.0 Å². The molecule has 0 saturated heterocycles. The molecule has 0 aromatic carbocycles. The van der Waals surface area contributed by atoms with Crippen molar-refractivity contribution >= 4 is 22.0 Å². The maximum absolute atomic E-state index is 10.3. The highest BCUT2D eigenvalue weighted by Gasteiger charge is 2.26. The number of isocyanates is 1. The van der Waals surface area contributed by atoms with E-state index in [-0.39, 0.29) is 6.04 Å². The van der Waals surface area contributed by atoms with E-state index in [0.717, 1.165) is 35.8 Å². The second-order valence-electron chi connectivity index (χ2n) is 4.27. The van der Waals surface area contributed by atoms with Gasteiger partial charge in [0.15, 0.2) is 0 Å². The number of hydrogen-bond donors (Lipinski definition) is 0. The van der Waals surface area contributed by atoms with Gasteiger partial charge in [0.25, 0.3) is 0 Å². The first-order valence-corrected chi connectivity index (χ1v) is 6.26. The standard InChI is InChI=1S/C11H14BrN3O/c1-15-6-10(12)11(14-15)8-3-2-4-9(5-8)13-7-16/h6,8-9H,2-5H2,1H3. The van der Waals surface area contributed by atoms with Crippen LogP contribution < -0.4 is 0 Å². The van der Waals surface area contributed by atoms with E-state index in [1.54, 1.807) is 6.08 Å². The summed E-state index contributed by atoms with van der Waals surface area (Å²) in [5, 5.41) is 4.46. The molecule has 2 atom stereocenters. The van der Waals surface area contributed by atoms with Gasteiger partial charge < -0.3 is 0 Å². The molecule has 1 heterocycles. The van der Waals surface area contributed by atoms with Crippen LogP contribution in [0.15, 0.2) is 15.7 Å². The third-order valence-corrected chi connectivity index (χ3v) is 3.69. The maximum Gasteiger partial charge on any atom is 0.235 e. The van der Waals surface area contributed by atoms with Gasteiger partial charge in [0.1, 0.15) is 0 Å². The molecule has 2 unspecified atom stereocenters. The van der Waals surface area contributed by atoms with Gasteiger partial charge in [0.05, 0.1) is 16.2 Å². The van der Waals surface area contributed by atoms with Gasteiger partial charge in [-0.2, -0.15) is 5.10 Å². The molecule has 1 aliphatic rings. The first kappa shape index (κ1) is 11.6. The first-order chi connectivity index (χ1) is 7.70. The second kappa shape index (κ2) is 4.93. The molecular formula is C11H14BrN3O. The zero-order chi connectivity index (χ0) is 11.5. The normalized spacial score (nSPS) is 25.1. The fraction of sp³-hybridized carbons (Fsp3) is 0.636. The van der Waals surface area contributed by atoms with E-state index in [9.17, 15) is 4.79 Å². The van der Waals surface area contributed by atoms with Crippen LogP contribution in [0.25, 0.3) is 0 Å². The monoisotopic (exact) mass is 283 g/mol. The average molecular weight is 284 g/mol. The van der Waals surface area contributed by atoms with E-state index in [0.29, 0.717) is 5.92 Å². The number of carbonyl (C=O) groups excluding carboxylic acids is 1. The molecule has 4 nitrogen and oxygen atoms in total. The second-order valence-corrected chi connectivity index (χ2v) is 5.13. The highest BCUT2D eigenvalue weighted by Crippen LogP contribution is 2.36. The average Bonchev–Trinajstić information content (AvgIpc) is 2.59. The Hall–Kier alpha value is -0.930. The Bertz CT molecular complexity index is 423. The maximum atomic E-state index is 10.3.